The van der Waals surface area contributed by atoms with E-state index in [4.69, 9.17) is 28.5 Å². The molecule has 2 rings (SSSR count). The van der Waals surface area contributed by atoms with E-state index < -0.39 is 11.9 Å². The molecule has 0 heterocycles. The monoisotopic (exact) mass is 336 g/mol. The summed E-state index contributed by atoms with van der Waals surface area (Å²) >= 11 is 11.7. The molecular formula is C16H11Cl2FN2O. The van der Waals surface area contributed by atoms with Crippen molar-refractivity contribution in [2.24, 2.45) is 0 Å². The van der Waals surface area contributed by atoms with Crippen molar-refractivity contribution in [1.82, 2.24) is 5.32 Å². The number of nitriles is 1. The first kappa shape index (κ1) is 16.3. The van der Waals surface area contributed by atoms with Crippen molar-refractivity contribution in [2.45, 2.75) is 12.5 Å². The minimum Gasteiger partial charge on any atom is -0.336 e. The van der Waals surface area contributed by atoms with E-state index in [2.05, 4.69) is 5.32 Å². The Kier molecular flexibility index (Phi) is 5.37. The molecule has 0 spiro atoms. The van der Waals surface area contributed by atoms with Gasteiger partial charge in [0, 0.05) is 0 Å². The molecule has 1 amide bonds. The van der Waals surface area contributed by atoms with Crippen LogP contribution < -0.4 is 5.32 Å². The number of amides is 1. The number of halogens is 3. The standard InChI is InChI=1S/C16H11Cl2FN2O/c17-13-6-1-10(7-14(13)18)8-16(22)21-15(9-20)11-2-4-12(19)5-3-11/h1-7,15H,8H2,(H,21,22)/t15-/m0/s1. The number of nitrogens with zero attached hydrogens (tertiary/aromatic N) is 1. The average Bonchev–Trinajstić information content (AvgIpc) is 2.49. The molecule has 0 aromatic heterocycles. The predicted octanol–water partition coefficient (Wildman–Crippen LogP) is 4.06. The quantitative estimate of drug-likeness (QED) is 0.915. The van der Waals surface area contributed by atoms with Gasteiger partial charge in [-0.05, 0) is 35.4 Å². The Bertz CT molecular complexity index is 726. The number of carbonyl (C=O) groups is 1. The molecule has 0 fully saturated rings. The van der Waals surface area contributed by atoms with Crippen molar-refractivity contribution in [2.75, 3.05) is 0 Å². The highest BCUT2D eigenvalue weighted by atomic mass is 35.5. The van der Waals surface area contributed by atoms with E-state index >= 15 is 0 Å². The molecule has 0 aliphatic heterocycles. The van der Waals surface area contributed by atoms with E-state index in [1.54, 1.807) is 18.2 Å². The van der Waals surface area contributed by atoms with Gasteiger partial charge in [-0.25, -0.2) is 4.39 Å². The van der Waals surface area contributed by atoms with Gasteiger partial charge in [0.1, 0.15) is 11.9 Å². The molecule has 0 radical (unpaired) electrons. The van der Waals surface area contributed by atoms with Crippen LogP contribution in [-0.2, 0) is 11.2 Å². The minimum absolute atomic E-state index is 0.0657. The average molecular weight is 337 g/mol. The van der Waals surface area contributed by atoms with E-state index in [1.807, 2.05) is 6.07 Å². The lowest BCUT2D eigenvalue weighted by atomic mass is 10.1. The van der Waals surface area contributed by atoms with Gasteiger partial charge in [-0.2, -0.15) is 5.26 Å². The fourth-order valence-electron chi connectivity index (χ4n) is 1.89. The van der Waals surface area contributed by atoms with Gasteiger partial charge in [0.2, 0.25) is 5.91 Å². The Morgan fingerprint density at radius 3 is 2.45 bits per heavy atom. The topological polar surface area (TPSA) is 52.9 Å². The number of carbonyl (C=O) groups excluding carboxylic acids is 1. The molecule has 0 aliphatic carbocycles. The summed E-state index contributed by atoms with van der Waals surface area (Å²) in [5, 5.41) is 12.5. The minimum atomic E-state index is -0.837. The largest absolute Gasteiger partial charge is 0.336 e. The number of hydrogen-bond donors (Lipinski definition) is 1. The van der Waals surface area contributed by atoms with Crippen LogP contribution >= 0.6 is 23.2 Å². The summed E-state index contributed by atoms with van der Waals surface area (Å²) in [6, 6.07) is 11.4. The van der Waals surface area contributed by atoms with Gasteiger partial charge in [0.15, 0.2) is 0 Å². The van der Waals surface area contributed by atoms with E-state index in [1.165, 1.54) is 24.3 Å². The molecule has 2 aromatic carbocycles. The SMILES string of the molecule is N#C[C@H](NC(=O)Cc1ccc(Cl)c(Cl)c1)c1ccc(F)cc1. The third kappa shape index (κ3) is 4.20. The summed E-state index contributed by atoms with van der Waals surface area (Å²) in [6.07, 6.45) is 0.0657. The van der Waals surface area contributed by atoms with Crippen LogP contribution in [0.1, 0.15) is 17.2 Å². The molecule has 0 aliphatic rings. The third-order valence-corrected chi connectivity index (χ3v) is 3.73. The van der Waals surface area contributed by atoms with Crippen LogP contribution in [0.25, 0.3) is 0 Å². The lowest BCUT2D eigenvalue weighted by molar-refractivity contribution is -0.120. The van der Waals surface area contributed by atoms with Crippen molar-refractivity contribution in [3.63, 3.8) is 0 Å². The molecule has 1 atom stereocenters. The first-order valence-electron chi connectivity index (χ1n) is 6.38. The van der Waals surface area contributed by atoms with E-state index in [0.29, 0.717) is 21.2 Å². The van der Waals surface area contributed by atoms with Crippen LogP contribution in [0, 0.1) is 17.1 Å². The maximum absolute atomic E-state index is 12.9. The molecule has 0 saturated carbocycles. The highest BCUT2D eigenvalue weighted by Gasteiger charge is 2.14. The molecule has 0 unspecified atom stereocenters. The molecule has 22 heavy (non-hydrogen) atoms. The Balaban J connectivity index is 2.05. The number of rotatable bonds is 4. The van der Waals surface area contributed by atoms with E-state index in [9.17, 15) is 9.18 Å². The van der Waals surface area contributed by atoms with Crippen molar-refractivity contribution in [3.8, 4) is 6.07 Å². The molecule has 6 heteroatoms. The Labute approximate surface area is 137 Å². The van der Waals surface area contributed by atoms with Crippen LogP contribution in [0.2, 0.25) is 10.0 Å². The summed E-state index contributed by atoms with van der Waals surface area (Å²) in [5.74, 6) is -0.739. The molecule has 112 valence electrons. The van der Waals surface area contributed by atoms with Gasteiger partial charge in [-0.3, -0.25) is 4.79 Å². The number of benzene rings is 2. The zero-order valence-corrected chi connectivity index (χ0v) is 12.8. The van der Waals surface area contributed by atoms with Gasteiger partial charge < -0.3 is 5.32 Å². The van der Waals surface area contributed by atoms with Gasteiger partial charge >= 0.3 is 0 Å². The fourth-order valence-corrected chi connectivity index (χ4v) is 2.21. The second-order valence-corrected chi connectivity index (χ2v) is 5.42. The summed E-state index contributed by atoms with van der Waals surface area (Å²) in [4.78, 5) is 12.0. The highest BCUT2D eigenvalue weighted by Crippen LogP contribution is 2.23. The maximum Gasteiger partial charge on any atom is 0.225 e. The highest BCUT2D eigenvalue weighted by molar-refractivity contribution is 6.42. The van der Waals surface area contributed by atoms with Gasteiger partial charge in [-0.1, -0.05) is 41.4 Å². The van der Waals surface area contributed by atoms with Crippen molar-refractivity contribution < 1.29 is 9.18 Å². The maximum atomic E-state index is 12.9. The van der Waals surface area contributed by atoms with Gasteiger partial charge in [0.05, 0.1) is 22.5 Å². The lowest BCUT2D eigenvalue weighted by Crippen LogP contribution is -2.29. The van der Waals surface area contributed by atoms with Crippen molar-refractivity contribution in [3.05, 3.63) is 69.5 Å². The third-order valence-electron chi connectivity index (χ3n) is 2.99. The summed E-state index contributed by atoms with van der Waals surface area (Å²) < 4.78 is 12.9. The molecule has 0 saturated heterocycles. The van der Waals surface area contributed by atoms with Crippen molar-refractivity contribution in [1.29, 1.82) is 5.26 Å². The second kappa shape index (κ2) is 7.26. The molecule has 0 bridgehead atoms. The van der Waals surface area contributed by atoms with Crippen LogP contribution in [0.4, 0.5) is 4.39 Å². The Hall–Kier alpha value is -2.09. The van der Waals surface area contributed by atoms with Crippen molar-refractivity contribution >= 4 is 29.1 Å². The van der Waals surface area contributed by atoms with Crippen LogP contribution in [0.3, 0.4) is 0 Å². The predicted molar refractivity (Wildman–Crippen MR) is 83.1 cm³/mol. The van der Waals surface area contributed by atoms with Crippen LogP contribution in [0.5, 0.6) is 0 Å². The molecular weight excluding hydrogens is 326 g/mol. The van der Waals surface area contributed by atoms with Gasteiger partial charge in [0.25, 0.3) is 0 Å². The molecule has 2 aromatic rings. The molecule has 3 nitrogen and oxygen atoms in total. The summed E-state index contributed by atoms with van der Waals surface area (Å²) in [7, 11) is 0. The smallest absolute Gasteiger partial charge is 0.225 e. The van der Waals surface area contributed by atoms with E-state index in [0.717, 1.165) is 0 Å². The normalized spacial score (nSPS) is 11.5. The zero-order chi connectivity index (χ0) is 16.1. The Morgan fingerprint density at radius 1 is 1.18 bits per heavy atom. The molecule has 1 N–H and O–H groups in total. The van der Waals surface area contributed by atoms with Crippen LogP contribution in [-0.4, -0.2) is 5.91 Å². The zero-order valence-electron chi connectivity index (χ0n) is 11.3. The Morgan fingerprint density at radius 2 is 1.86 bits per heavy atom. The fraction of sp³-hybridized carbons (Fsp3) is 0.125. The first-order chi connectivity index (χ1) is 10.5. The van der Waals surface area contributed by atoms with E-state index in [-0.39, 0.29) is 12.3 Å². The summed E-state index contributed by atoms with van der Waals surface area (Å²) in [5.41, 5.74) is 1.20. The number of hydrogen-bond acceptors (Lipinski definition) is 2. The second-order valence-electron chi connectivity index (χ2n) is 4.61. The first-order valence-corrected chi connectivity index (χ1v) is 7.13. The summed E-state index contributed by atoms with van der Waals surface area (Å²) in [6.45, 7) is 0. The number of nitrogens with one attached hydrogen (secondary N) is 1. The van der Waals surface area contributed by atoms with Gasteiger partial charge in [-0.15, -0.1) is 0 Å². The lowest BCUT2D eigenvalue weighted by Gasteiger charge is -2.12. The van der Waals surface area contributed by atoms with Crippen LogP contribution in [0.15, 0.2) is 42.5 Å².